The average Bonchev–Trinajstić information content (AvgIpc) is 2.13. The number of anilines is 1. The summed E-state index contributed by atoms with van der Waals surface area (Å²) >= 11 is 3.09. The predicted octanol–water partition coefficient (Wildman–Crippen LogP) is 3.56. The van der Waals surface area contributed by atoms with Crippen LogP contribution in [-0.2, 0) is 0 Å². The molecule has 0 atom stereocenters. The third-order valence-electron chi connectivity index (χ3n) is 1.93. The lowest BCUT2D eigenvalue weighted by Crippen LogP contribution is -2.11. The van der Waals surface area contributed by atoms with Gasteiger partial charge in [0.2, 0.25) is 0 Å². The molecule has 1 aromatic carbocycles. The maximum Gasteiger partial charge on any atom is 0.389 e. The minimum atomic E-state index is -4.31. The molecule has 0 amide bonds. The molecule has 0 bridgehead atoms. The molecule has 0 aliphatic heterocycles. The lowest BCUT2D eigenvalue weighted by atomic mass is 10.1. The Kier molecular flexibility index (Phi) is 3.96. The Morgan fingerprint density at radius 1 is 1.38 bits per heavy atom. The second kappa shape index (κ2) is 4.86. The van der Waals surface area contributed by atoms with E-state index in [1.54, 1.807) is 0 Å². The van der Waals surface area contributed by atoms with Gasteiger partial charge in [-0.25, -0.2) is 0 Å². The second-order valence-electron chi connectivity index (χ2n) is 3.28. The monoisotopic (exact) mass is 295 g/mol. The summed E-state index contributed by atoms with van der Waals surface area (Å²) in [4.78, 5) is 11.5. The maximum absolute atomic E-state index is 11.9. The van der Waals surface area contributed by atoms with E-state index in [0.717, 1.165) is 0 Å². The molecule has 6 heteroatoms. The van der Waals surface area contributed by atoms with Gasteiger partial charge < -0.3 is 5.73 Å². The molecule has 2 nitrogen and oxygen atoms in total. The first-order valence-electron chi connectivity index (χ1n) is 4.44. The number of hydrogen-bond donors (Lipinski definition) is 1. The fraction of sp³-hybridized carbons (Fsp3) is 0.300. The van der Waals surface area contributed by atoms with Crippen molar-refractivity contribution in [3.63, 3.8) is 0 Å². The summed E-state index contributed by atoms with van der Waals surface area (Å²) in [6.45, 7) is 0. The van der Waals surface area contributed by atoms with E-state index in [1.807, 2.05) is 0 Å². The van der Waals surface area contributed by atoms with Crippen molar-refractivity contribution >= 4 is 27.4 Å². The highest BCUT2D eigenvalue weighted by Crippen LogP contribution is 2.25. The molecule has 88 valence electrons. The molecule has 0 unspecified atom stereocenters. The third-order valence-corrected chi connectivity index (χ3v) is 2.59. The molecule has 0 fully saturated rings. The van der Waals surface area contributed by atoms with Crippen molar-refractivity contribution in [2.45, 2.75) is 19.0 Å². The van der Waals surface area contributed by atoms with Crippen molar-refractivity contribution in [2.75, 3.05) is 5.73 Å². The average molecular weight is 296 g/mol. The first kappa shape index (κ1) is 13.0. The van der Waals surface area contributed by atoms with Crippen LogP contribution in [0.2, 0.25) is 0 Å². The zero-order chi connectivity index (χ0) is 12.3. The first-order valence-corrected chi connectivity index (χ1v) is 5.24. The lowest BCUT2D eigenvalue weighted by Gasteiger charge is -2.07. The van der Waals surface area contributed by atoms with Gasteiger partial charge >= 0.3 is 6.18 Å². The number of carbonyl (C=O) groups is 1. The number of alkyl halides is 3. The van der Waals surface area contributed by atoms with Gasteiger partial charge in [-0.2, -0.15) is 13.2 Å². The van der Waals surface area contributed by atoms with Gasteiger partial charge in [0.05, 0.1) is 6.42 Å². The molecule has 0 saturated heterocycles. The number of nitrogens with two attached hydrogens (primary N) is 1. The first-order chi connectivity index (χ1) is 7.29. The number of hydrogen-bond acceptors (Lipinski definition) is 2. The van der Waals surface area contributed by atoms with E-state index in [0.29, 0.717) is 10.2 Å². The molecule has 0 heterocycles. The summed E-state index contributed by atoms with van der Waals surface area (Å²) in [6, 6.07) is 4.38. The van der Waals surface area contributed by atoms with Crippen molar-refractivity contribution in [1.29, 1.82) is 0 Å². The molecule has 0 aromatic heterocycles. The zero-order valence-corrected chi connectivity index (χ0v) is 9.73. The Hall–Kier alpha value is -1.04. The van der Waals surface area contributed by atoms with Gasteiger partial charge in [0, 0.05) is 22.1 Å². The van der Waals surface area contributed by atoms with E-state index in [4.69, 9.17) is 5.73 Å². The molecule has 0 aliphatic carbocycles. The number of Topliss-reactive ketones (excluding diaryl/α,β-unsaturated/α-hetero) is 1. The summed E-state index contributed by atoms with van der Waals surface area (Å²) < 4.78 is 36.2. The van der Waals surface area contributed by atoms with Gasteiger partial charge in [-0.15, -0.1) is 0 Å². The van der Waals surface area contributed by atoms with E-state index < -0.39 is 24.8 Å². The zero-order valence-electron chi connectivity index (χ0n) is 8.14. The van der Waals surface area contributed by atoms with Crippen LogP contribution in [0.3, 0.4) is 0 Å². The number of ketones is 1. The van der Waals surface area contributed by atoms with Crippen LogP contribution in [0.25, 0.3) is 0 Å². The summed E-state index contributed by atoms with van der Waals surface area (Å²) in [5.41, 5.74) is 6.11. The van der Waals surface area contributed by atoms with Gasteiger partial charge in [0.25, 0.3) is 0 Å². The van der Waals surface area contributed by atoms with Gasteiger partial charge in [-0.05, 0) is 34.1 Å². The highest BCUT2D eigenvalue weighted by molar-refractivity contribution is 9.10. The van der Waals surface area contributed by atoms with E-state index in [-0.39, 0.29) is 5.56 Å². The molecule has 2 N–H and O–H groups in total. The second-order valence-corrected chi connectivity index (χ2v) is 4.13. The lowest BCUT2D eigenvalue weighted by molar-refractivity contribution is -0.133. The number of carbonyl (C=O) groups excluding carboxylic acids is 1. The minimum Gasteiger partial charge on any atom is -0.399 e. The van der Waals surface area contributed by atoms with Crippen molar-refractivity contribution in [2.24, 2.45) is 0 Å². The van der Waals surface area contributed by atoms with Crippen LogP contribution < -0.4 is 5.73 Å². The summed E-state index contributed by atoms with van der Waals surface area (Å²) in [7, 11) is 0. The third kappa shape index (κ3) is 3.84. The van der Waals surface area contributed by atoms with Gasteiger partial charge in [0.15, 0.2) is 5.78 Å². The Morgan fingerprint density at radius 3 is 2.50 bits per heavy atom. The fourth-order valence-corrected chi connectivity index (χ4v) is 1.77. The highest BCUT2D eigenvalue weighted by Gasteiger charge is 2.28. The van der Waals surface area contributed by atoms with Gasteiger partial charge in [0.1, 0.15) is 0 Å². The molecule has 0 aliphatic rings. The van der Waals surface area contributed by atoms with E-state index >= 15 is 0 Å². The maximum atomic E-state index is 11.9. The van der Waals surface area contributed by atoms with E-state index in [1.165, 1.54) is 18.2 Å². The van der Waals surface area contributed by atoms with Crippen molar-refractivity contribution in [3.05, 3.63) is 28.2 Å². The SMILES string of the molecule is Nc1ccc(C(=O)CCC(F)(F)F)c(Br)c1. The number of benzene rings is 1. The normalized spacial score (nSPS) is 11.5. The standard InChI is InChI=1S/C10H9BrF3NO/c11-8-5-6(15)1-2-7(8)9(16)3-4-10(12,13)14/h1-2,5H,3-4,15H2. The Bertz CT molecular complexity index is 404. The van der Waals surface area contributed by atoms with E-state index in [2.05, 4.69) is 15.9 Å². The molecule has 0 saturated carbocycles. The van der Waals surface area contributed by atoms with Crippen LogP contribution in [-0.4, -0.2) is 12.0 Å². The van der Waals surface area contributed by atoms with Crippen LogP contribution >= 0.6 is 15.9 Å². The minimum absolute atomic E-state index is 0.221. The van der Waals surface area contributed by atoms with Gasteiger partial charge in [-0.3, -0.25) is 4.79 Å². The smallest absolute Gasteiger partial charge is 0.389 e. The quantitative estimate of drug-likeness (QED) is 0.684. The summed E-state index contributed by atoms with van der Waals surface area (Å²) in [6.07, 6.45) is -5.97. The molecule has 0 radical (unpaired) electrons. The van der Waals surface area contributed by atoms with Crippen molar-refractivity contribution in [1.82, 2.24) is 0 Å². The number of nitrogen functional groups attached to an aromatic ring is 1. The Morgan fingerprint density at radius 2 is 2.00 bits per heavy atom. The molecular formula is C10H9BrF3NO. The Balaban J connectivity index is 2.74. The fourth-order valence-electron chi connectivity index (χ4n) is 1.15. The topological polar surface area (TPSA) is 43.1 Å². The highest BCUT2D eigenvalue weighted by atomic mass is 79.9. The Labute approximate surface area is 98.8 Å². The molecular weight excluding hydrogens is 287 g/mol. The predicted molar refractivity (Wildman–Crippen MR) is 58.2 cm³/mol. The van der Waals surface area contributed by atoms with Crippen molar-refractivity contribution in [3.8, 4) is 0 Å². The largest absolute Gasteiger partial charge is 0.399 e. The summed E-state index contributed by atoms with van der Waals surface area (Å²) in [5.74, 6) is -0.552. The molecule has 16 heavy (non-hydrogen) atoms. The summed E-state index contributed by atoms with van der Waals surface area (Å²) in [5, 5.41) is 0. The van der Waals surface area contributed by atoms with E-state index in [9.17, 15) is 18.0 Å². The number of rotatable bonds is 3. The van der Waals surface area contributed by atoms with Crippen LogP contribution in [0, 0.1) is 0 Å². The molecule has 0 spiro atoms. The van der Waals surface area contributed by atoms with Crippen LogP contribution in [0.5, 0.6) is 0 Å². The van der Waals surface area contributed by atoms with Crippen LogP contribution in [0.15, 0.2) is 22.7 Å². The van der Waals surface area contributed by atoms with Crippen LogP contribution in [0.1, 0.15) is 23.2 Å². The van der Waals surface area contributed by atoms with Gasteiger partial charge in [-0.1, -0.05) is 0 Å². The van der Waals surface area contributed by atoms with Crippen LogP contribution in [0.4, 0.5) is 18.9 Å². The number of halogens is 4. The van der Waals surface area contributed by atoms with Crippen molar-refractivity contribution < 1.29 is 18.0 Å². The molecule has 1 aromatic rings. The molecule has 1 rings (SSSR count).